The molecule has 1 aromatic rings. The molecule has 0 unspecified atom stereocenters. The predicted octanol–water partition coefficient (Wildman–Crippen LogP) is 1.28. The van der Waals surface area contributed by atoms with Crippen LogP contribution in [-0.4, -0.2) is 36.5 Å². The van der Waals surface area contributed by atoms with Gasteiger partial charge in [-0.25, -0.2) is 4.79 Å². The molecule has 1 heterocycles. The number of nitrogens with zero attached hydrogens (tertiary/aromatic N) is 1. The van der Waals surface area contributed by atoms with Crippen LogP contribution in [0.2, 0.25) is 0 Å². The van der Waals surface area contributed by atoms with E-state index >= 15 is 0 Å². The van der Waals surface area contributed by atoms with Gasteiger partial charge in [0.25, 0.3) is 0 Å². The van der Waals surface area contributed by atoms with Crippen molar-refractivity contribution >= 4 is 17.6 Å². The lowest BCUT2D eigenvalue weighted by Crippen LogP contribution is -2.43. The van der Waals surface area contributed by atoms with E-state index in [9.17, 15) is 9.59 Å². The number of nitrogens with one attached hydrogen (secondary N) is 2. The number of hydrogen-bond donors (Lipinski definition) is 3. The van der Waals surface area contributed by atoms with Gasteiger partial charge < -0.3 is 21.3 Å². The summed E-state index contributed by atoms with van der Waals surface area (Å²) in [5.74, 6) is -0.0273. The van der Waals surface area contributed by atoms with Crippen LogP contribution in [0.3, 0.4) is 0 Å². The Hall–Kier alpha value is -2.08. The summed E-state index contributed by atoms with van der Waals surface area (Å²) in [6, 6.07) is 6.94. The summed E-state index contributed by atoms with van der Waals surface area (Å²) in [4.78, 5) is 25.5. The van der Waals surface area contributed by atoms with Gasteiger partial charge in [-0.15, -0.1) is 0 Å². The second-order valence-corrected chi connectivity index (χ2v) is 5.15. The van der Waals surface area contributed by atoms with Crippen molar-refractivity contribution in [3.05, 3.63) is 29.8 Å². The van der Waals surface area contributed by atoms with Crippen LogP contribution in [0.4, 0.5) is 10.5 Å². The van der Waals surface area contributed by atoms with E-state index in [1.165, 1.54) is 6.42 Å². The highest BCUT2D eigenvalue weighted by atomic mass is 16.2. The van der Waals surface area contributed by atoms with Crippen molar-refractivity contribution in [3.8, 4) is 0 Å². The molecule has 1 aromatic carbocycles. The smallest absolute Gasteiger partial charge is 0.319 e. The molecule has 3 amide bonds. The van der Waals surface area contributed by atoms with Crippen LogP contribution in [0, 0.1) is 0 Å². The Morgan fingerprint density at radius 3 is 2.67 bits per heavy atom. The van der Waals surface area contributed by atoms with Crippen LogP contribution in [0.25, 0.3) is 0 Å². The first-order valence-electron chi connectivity index (χ1n) is 7.30. The Kier molecular flexibility index (Phi) is 5.57. The number of carbonyl (C=O) groups is 2. The fourth-order valence-electron chi connectivity index (χ4n) is 2.36. The number of benzene rings is 1. The fraction of sp³-hybridized carbons (Fsp3) is 0.467. The lowest BCUT2D eigenvalue weighted by Gasteiger charge is -2.26. The molecule has 0 atom stereocenters. The minimum Gasteiger partial charge on any atom is -0.341 e. The van der Waals surface area contributed by atoms with Gasteiger partial charge in [-0.3, -0.25) is 4.79 Å². The van der Waals surface area contributed by atoms with Crippen molar-refractivity contribution in [2.24, 2.45) is 5.73 Å². The molecule has 114 valence electrons. The third kappa shape index (κ3) is 4.75. The largest absolute Gasteiger partial charge is 0.341 e. The van der Waals surface area contributed by atoms with Gasteiger partial charge in [0, 0.05) is 25.3 Å². The van der Waals surface area contributed by atoms with Crippen LogP contribution >= 0.6 is 0 Å². The molecule has 0 aliphatic carbocycles. The summed E-state index contributed by atoms with van der Waals surface area (Å²) in [6.07, 6.45) is 3.27. The second-order valence-electron chi connectivity index (χ2n) is 5.15. The van der Waals surface area contributed by atoms with Crippen molar-refractivity contribution in [2.75, 3.05) is 25.0 Å². The Bertz CT molecular complexity index is 498. The second kappa shape index (κ2) is 7.64. The maximum absolute atomic E-state index is 11.9. The number of amides is 3. The van der Waals surface area contributed by atoms with Gasteiger partial charge in [0.05, 0.1) is 6.54 Å². The van der Waals surface area contributed by atoms with Gasteiger partial charge in [-0.2, -0.15) is 0 Å². The average molecular weight is 290 g/mol. The number of anilines is 1. The third-order valence-electron chi connectivity index (χ3n) is 3.53. The Morgan fingerprint density at radius 2 is 1.95 bits per heavy atom. The summed E-state index contributed by atoms with van der Waals surface area (Å²) in [7, 11) is 0. The zero-order valence-corrected chi connectivity index (χ0v) is 12.1. The summed E-state index contributed by atoms with van der Waals surface area (Å²) < 4.78 is 0. The maximum atomic E-state index is 11.9. The van der Waals surface area contributed by atoms with Crippen molar-refractivity contribution in [1.29, 1.82) is 0 Å². The highest BCUT2D eigenvalue weighted by Gasteiger charge is 2.16. The molecule has 1 aliphatic heterocycles. The van der Waals surface area contributed by atoms with Gasteiger partial charge >= 0.3 is 6.03 Å². The lowest BCUT2D eigenvalue weighted by atomic mass is 10.1. The highest BCUT2D eigenvalue weighted by Crippen LogP contribution is 2.10. The summed E-state index contributed by atoms with van der Waals surface area (Å²) >= 11 is 0. The van der Waals surface area contributed by atoms with Crippen molar-refractivity contribution in [1.82, 2.24) is 10.2 Å². The van der Waals surface area contributed by atoms with Crippen LogP contribution in [0.1, 0.15) is 24.8 Å². The molecule has 0 radical (unpaired) electrons. The summed E-state index contributed by atoms with van der Waals surface area (Å²) in [5.41, 5.74) is 7.16. The standard InChI is InChI=1S/C15H22N4O2/c16-10-12-5-4-6-13(9-12)18-15(21)17-11-14(20)19-7-2-1-3-8-19/h4-6,9H,1-3,7-8,10-11,16H2,(H2,17,18,21). The molecule has 21 heavy (non-hydrogen) atoms. The summed E-state index contributed by atoms with van der Waals surface area (Å²) in [6.45, 7) is 2.04. The van der Waals surface area contributed by atoms with E-state index in [4.69, 9.17) is 5.73 Å². The minimum absolute atomic E-state index is 0.0273. The highest BCUT2D eigenvalue weighted by molar-refractivity contribution is 5.92. The van der Waals surface area contributed by atoms with E-state index in [0.29, 0.717) is 12.2 Å². The van der Waals surface area contributed by atoms with E-state index in [0.717, 1.165) is 31.5 Å². The molecular weight excluding hydrogens is 268 g/mol. The topological polar surface area (TPSA) is 87.5 Å². The maximum Gasteiger partial charge on any atom is 0.319 e. The number of hydrogen-bond acceptors (Lipinski definition) is 3. The van der Waals surface area contributed by atoms with Crippen LogP contribution in [-0.2, 0) is 11.3 Å². The van der Waals surface area contributed by atoms with Crippen molar-refractivity contribution in [2.45, 2.75) is 25.8 Å². The minimum atomic E-state index is -0.380. The van der Waals surface area contributed by atoms with E-state index in [1.54, 1.807) is 11.0 Å². The van der Waals surface area contributed by atoms with Gasteiger partial charge in [0.1, 0.15) is 0 Å². The predicted molar refractivity (Wildman–Crippen MR) is 81.8 cm³/mol. The molecule has 0 bridgehead atoms. The van der Waals surface area contributed by atoms with Crippen LogP contribution in [0.15, 0.2) is 24.3 Å². The van der Waals surface area contributed by atoms with Gasteiger partial charge in [-0.05, 0) is 37.0 Å². The van der Waals surface area contributed by atoms with Gasteiger partial charge in [0.2, 0.25) is 5.91 Å². The normalized spacial score (nSPS) is 14.6. The van der Waals surface area contributed by atoms with E-state index in [2.05, 4.69) is 10.6 Å². The quantitative estimate of drug-likeness (QED) is 0.780. The first-order chi connectivity index (χ1) is 10.2. The number of piperidine rings is 1. The SMILES string of the molecule is NCc1cccc(NC(=O)NCC(=O)N2CCCCC2)c1. The zero-order chi connectivity index (χ0) is 15.1. The van der Waals surface area contributed by atoms with Crippen LogP contribution in [0.5, 0.6) is 0 Å². The van der Waals surface area contributed by atoms with Gasteiger partial charge in [-0.1, -0.05) is 12.1 Å². The number of nitrogens with two attached hydrogens (primary N) is 1. The Balaban J connectivity index is 1.77. The third-order valence-corrected chi connectivity index (χ3v) is 3.53. The zero-order valence-electron chi connectivity index (χ0n) is 12.1. The summed E-state index contributed by atoms with van der Waals surface area (Å²) in [5, 5.41) is 5.29. The molecule has 0 saturated carbocycles. The van der Waals surface area contributed by atoms with Crippen molar-refractivity contribution in [3.63, 3.8) is 0 Å². The number of likely N-dealkylation sites (tertiary alicyclic amines) is 1. The molecule has 1 fully saturated rings. The molecule has 4 N–H and O–H groups in total. The number of carbonyl (C=O) groups excluding carboxylic acids is 2. The molecule has 1 saturated heterocycles. The molecule has 0 aromatic heterocycles. The number of rotatable bonds is 4. The van der Waals surface area contributed by atoms with E-state index in [1.807, 2.05) is 18.2 Å². The molecule has 6 nitrogen and oxygen atoms in total. The van der Waals surface area contributed by atoms with Gasteiger partial charge in [0.15, 0.2) is 0 Å². The van der Waals surface area contributed by atoms with E-state index < -0.39 is 0 Å². The monoisotopic (exact) mass is 290 g/mol. The molecular formula is C15H22N4O2. The first-order valence-corrected chi connectivity index (χ1v) is 7.30. The number of urea groups is 1. The lowest BCUT2D eigenvalue weighted by molar-refractivity contribution is -0.130. The van der Waals surface area contributed by atoms with Crippen LogP contribution < -0.4 is 16.4 Å². The molecule has 0 spiro atoms. The molecule has 2 rings (SSSR count). The average Bonchev–Trinajstić information content (AvgIpc) is 2.53. The fourth-order valence-corrected chi connectivity index (χ4v) is 2.36. The first kappa shape index (κ1) is 15.3. The molecule has 1 aliphatic rings. The Labute approximate surface area is 124 Å². The van der Waals surface area contributed by atoms with Crippen molar-refractivity contribution < 1.29 is 9.59 Å². The molecule has 6 heteroatoms. The Morgan fingerprint density at radius 1 is 1.19 bits per heavy atom. The van der Waals surface area contributed by atoms with E-state index in [-0.39, 0.29) is 18.5 Å².